The van der Waals surface area contributed by atoms with Crippen molar-refractivity contribution in [3.63, 3.8) is 0 Å². The van der Waals surface area contributed by atoms with Gasteiger partial charge in [-0.25, -0.2) is 19.2 Å². The largest absolute Gasteiger partial charge is 0.493 e. The predicted octanol–water partition coefficient (Wildman–Crippen LogP) is 11.0. The Kier molecular flexibility index (Phi) is 24.1. The number of methoxy groups -OCH3 is 3. The number of hydrogen-bond donors (Lipinski definition) is 0. The molecular weight excluding hydrogens is 909 g/mol. The minimum absolute atomic E-state index is 0.108. The Balaban J connectivity index is 1.18. The molecule has 0 aliphatic heterocycles. The van der Waals surface area contributed by atoms with Gasteiger partial charge in [0.05, 0.1) is 68.2 Å². The molecule has 0 aliphatic rings. The summed E-state index contributed by atoms with van der Waals surface area (Å²) in [5.74, 6) is -0.445. The van der Waals surface area contributed by atoms with Gasteiger partial charge < -0.3 is 33.3 Å². The van der Waals surface area contributed by atoms with Crippen LogP contribution < -0.4 is 19.1 Å². The lowest BCUT2D eigenvalue weighted by Gasteiger charge is -2.14. The van der Waals surface area contributed by atoms with Gasteiger partial charge in [-0.05, 0) is 91.3 Å². The number of nitro groups is 2. The molecule has 0 aromatic heterocycles. The number of nitrogens with zero attached hydrogens (tertiary/aromatic N) is 2. The van der Waals surface area contributed by atoms with E-state index in [-0.39, 0.29) is 12.2 Å². The SMILES string of the molecule is COC(=O)C=Cc1ccc(C(=O)Oc2ccc(CCCCCCOOc3ccc(C=CC(=O)OC)cc3OC)c(OCCCCCCCCCCCOC(=O)c3cc([N+](=O)[O-])cc([N+](=O)[O-])c3)c2)cc1. The monoisotopic (exact) mass is 968 g/mol. The molecule has 0 saturated carbocycles. The van der Waals surface area contributed by atoms with Gasteiger partial charge in [0.1, 0.15) is 11.5 Å². The second-order valence-electron chi connectivity index (χ2n) is 15.9. The van der Waals surface area contributed by atoms with Crippen LogP contribution >= 0.6 is 0 Å². The van der Waals surface area contributed by atoms with E-state index in [2.05, 4.69) is 9.47 Å². The number of hydrogen-bond acceptors (Lipinski definition) is 16. The molecule has 0 N–H and O–H groups in total. The molecule has 0 radical (unpaired) electrons. The van der Waals surface area contributed by atoms with Crippen molar-refractivity contribution in [2.75, 3.05) is 41.2 Å². The third kappa shape index (κ3) is 19.9. The van der Waals surface area contributed by atoms with Gasteiger partial charge in [-0.1, -0.05) is 82.1 Å². The summed E-state index contributed by atoms with van der Waals surface area (Å²) in [4.78, 5) is 79.9. The molecule has 0 fully saturated rings. The van der Waals surface area contributed by atoms with Crippen molar-refractivity contribution in [1.29, 1.82) is 0 Å². The summed E-state index contributed by atoms with van der Waals surface area (Å²) in [5.41, 5.74) is 1.46. The third-order valence-electron chi connectivity index (χ3n) is 10.7. The molecule has 0 atom stereocenters. The molecule has 4 aromatic rings. The van der Waals surface area contributed by atoms with Crippen LogP contribution in [0.1, 0.15) is 121 Å². The first kappa shape index (κ1) is 55.0. The fourth-order valence-electron chi connectivity index (χ4n) is 6.89. The average Bonchev–Trinajstić information content (AvgIpc) is 3.37. The van der Waals surface area contributed by atoms with Crippen LogP contribution in [-0.4, -0.2) is 74.9 Å². The fraction of sp³-hybridized carbons (Fsp3) is 0.385. The molecule has 0 saturated heterocycles. The lowest BCUT2D eigenvalue weighted by Crippen LogP contribution is -2.09. The number of unbranched alkanes of at least 4 members (excludes halogenated alkanes) is 11. The van der Waals surface area contributed by atoms with Crippen molar-refractivity contribution in [2.45, 2.75) is 89.9 Å². The van der Waals surface area contributed by atoms with Gasteiger partial charge in [0.2, 0.25) is 5.75 Å². The molecule has 70 heavy (non-hydrogen) atoms. The van der Waals surface area contributed by atoms with Gasteiger partial charge in [-0.15, -0.1) is 0 Å². The van der Waals surface area contributed by atoms with E-state index in [1.54, 1.807) is 66.7 Å². The second kappa shape index (κ2) is 30.7. The summed E-state index contributed by atoms with van der Waals surface area (Å²) >= 11 is 0. The highest BCUT2D eigenvalue weighted by molar-refractivity contribution is 5.92. The van der Waals surface area contributed by atoms with Crippen LogP contribution in [0.3, 0.4) is 0 Å². The minimum atomic E-state index is -0.841. The Bertz CT molecular complexity index is 2380. The number of aryl methyl sites for hydroxylation is 1. The Morgan fingerprint density at radius 3 is 1.69 bits per heavy atom. The van der Waals surface area contributed by atoms with Gasteiger partial charge >= 0.3 is 23.9 Å². The number of rotatable bonds is 32. The van der Waals surface area contributed by atoms with Crippen LogP contribution in [-0.2, 0) is 35.1 Å². The van der Waals surface area contributed by atoms with Crippen LogP contribution in [0.25, 0.3) is 12.2 Å². The van der Waals surface area contributed by atoms with Crippen LogP contribution in [0.5, 0.6) is 23.0 Å². The van der Waals surface area contributed by atoms with E-state index in [9.17, 15) is 39.4 Å². The van der Waals surface area contributed by atoms with E-state index >= 15 is 0 Å². The van der Waals surface area contributed by atoms with Gasteiger partial charge in [-0.3, -0.25) is 20.2 Å². The number of carbonyl (C=O) groups is 4. The Labute approximate surface area is 406 Å². The maximum Gasteiger partial charge on any atom is 0.343 e. The third-order valence-corrected chi connectivity index (χ3v) is 10.7. The number of benzene rings is 4. The maximum absolute atomic E-state index is 13.1. The Morgan fingerprint density at radius 2 is 1.09 bits per heavy atom. The topological polar surface area (TPSA) is 228 Å². The first-order chi connectivity index (χ1) is 33.9. The maximum atomic E-state index is 13.1. The molecule has 0 aliphatic carbocycles. The van der Waals surface area contributed by atoms with Gasteiger partial charge in [0.25, 0.3) is 11.4 Å². The summed E-state index contributed by atoms with van der Waals surface area (Å²) in [7, 11) is 4.12. The number of esters is 4. The molecule has 0 bridgehead atoms. The minimum Gasteiger partial charge on any atom is -0.493 e. The molecule has 0 heterocycles. The molecule has 0 amide bonds. The normalized spacial score (nSPS) is 11.0. The Hall–Kier alpha value is -7.60. The van der Waals surface area contributed by atoms with Crippen LogP contribution in [0.2, 0.25) is 0 Å². The number of nitro benzene ring substituents is 2. The highest BCUT2D eigenvalue weighted by Gasteiger charge is 2.21. The molecule has 0 spiro atoms. The van der Waals surface area contributed by atoms with Crippen LogP contribution in [0, 0.1) is 20.2 Å². The van der Waals surface area contributed by atoms with Crippen molar-refractivity contribution >= 4 is 47.4 Å². The van der Waals surface area contributed by atoms with E-state index in [0.29, 0.717) is 48.2 Å². The van der Waals surface area contributed by atoms with E-state index in [1.165, 1.54) is 33.5 Å². The van der Waals surface area contributed by atoms with Gasteiger partial charge in [0.15, 0.2) is 5.75 Å². The van der Waals surface area contributed by atoms with Crippen molar-refractivity contribution in [3.05, 3.63) is 139 Å². The zero-order valence-corrected chi connectivity index (χ0v) is 39.8. The summed E-state index contributed by atoms with van der Waals surface area (Å²) < 4.78 is 31.9. The standard InChI is InChI=1S/C52H60N2O16/c1-63-48-33-39(22-29-50(56)65-3)20-27-46(48)70-68-32-16-12-9-13-17-40-25-26-45(69-52(58)41-23-18-38(19-24-41)21-28-49(55)64-2)37-47(40)66-30-14-10-7-5-4-6-8-11-15-31-67-51(57)42-34-43(53(59)60)36-44(35-42)54(61)62/h18-29,33-37H,4-17,30-32H2,1-3H3. The number of ether oxygens (including phenoxy) is 6. The van der Waals surface area contributed by atoms with Gasteiger partial charge in [0, 0.05) is 30.4 Å². The van der Waals surface area contributed by atoms with E-state index in [0.717, 1.165) is 118 Å². The molecule has 18 nitrogen and oxygen atoms in total. The summed E-state index contributed by atoms with van der Waals surface area (Å²) in [6.45, 7) is 0.971. The van der Waals surface area contributed by atoms with E-state index in [1.807, 2.05) is 6.07 Å². The quantitative estimate of drug-likeness (QED) is 0.00647. The van der Waals surface area contributed by atoms with E-state index < -0.39 is 45.1 Å². The van der Waals surface area contributed by atoms with Crippen LogP contribution in [0.15, 0.2) is 91.0 Å². The molecule has 4 rings (SSSR count). The molecular formula is C52H60N2O16. The molecule has 18 heteroatoms. The van der Waals surface area contributed by atoms with Crippen molar-refractivity contribution in [2.24, 2.45) is 0 Å². The van der Waals surface area contributed by atoms with E-state index in [4.69, 9.17) is 28.7 Å². The van der Waals surface area contributed by atoms with Crippen molar-refractivity contribution in [3.8, 4) is 23.0 Å². The first-order valence-electron chi connectivity index (χ1n) is 23.1. The summed E-state index contributed by atoms with van der Waals surface area (Å²) in [6.07, 6.45) is 18.4. The van der Waals surface area contributed by atoms with Gasteiger partial charge in [-0.2, -0.15) is 4.89 Å². The molecule has 4 aromatic carbocycles. The fourth-order valence-corrected chi connectivity index (χ4v) is 6.89. The molecule has 0 unspecified atom stereocenters. The lowest BCUT2D eigenvalue weighted by atomic mass is 10.0. The molecule has 374 valence electrons. The second-order valence-corrected chi connectivity index (χ2v) is 15.9. The van der Waals surface area contributed by atoms with Crippen molar-refractivity contribution < 1.29 is 67.2 Å². The highest BCUT2D eigenvalue weighted by Crippen LogP contribution is 2.30. The average molecular weight is 969 g/mol. The first-order valence-corrected chi connectivity index (χ1v) is 23.1. The summed E-state index contributed by atoms with van der Waals surface area (Å²) in [5, 5.41) is 22.2. The number of carbonyl (C=O) groups excluding carboxylic acids is 4. The highest BCUT2D eigenvalue weighted by atomic mass is 17.2. The van der Waals surface area contributed by atoms with Crippen molar-refractivity contribution in [1.82, 2.24) is 0 Å². The zero-order chi connectivity index (χ0) is 50.5. The van der Waals surface area contributed by atoms with Crippen LogP contribution in [0.4, 0.5) is 11.4 Å². The lowest BCUT2D eigenvalue weighted by molar-refractivity contribution is -0.394. The zero-order valence-electron chi connectivity index (χ0n) is 39.8. The Morgan fingerprint density at radius 1 is 0.529 bits per heavy atom. The summed E-state index contributed by atoms with van der Waals surface area (Å²) in [6, 6.07) is 20.0. The smallest absolute Gasteiger partial charge is 0.343 e. The predicted molar refractivity (Wildman–Crippen MR) is 259 cm³/mol. The number of non-ortho nitro benzene ring substituents is 2.